The van der Waals surface area contributed by atoms with Crippen LogP contribution in [0.4, 0.5) is 22.8 Å². The van der Waals surface area contributed by atoms with Crippen LogP contribution in [-0.2, 0) is 33.9 Å². The molecule has 3 aliphatic heterocycles. The second kappa shape index (κ2) is 16.4. The zero-order valence-electron chi connectivity index (χ0n) is 30.6. The van der Waals surface area contributed by atoms with Gasteiger partial charge in [-0.3, -0.25) is 9.79 Å². The van der Waals surface area contributed by atoms with Crippen LogP contribution in [0, 0.1) is 29.6 Å². The van der Waals surface area contributed by atoms with Crippen LogP contribution in [0.1, 0.15) is 37.7 Å². The molecule has 3 heterocycles. The van der Waals surface area contributed by atoms with E-state index in [2.05, 4.69) is 32.5 Å². The molecule has 0 spiro atoms. The normalized spacial score (nSPS) is 29.8. The van der Waals surface area contributed by atoms with Crippen LogP contribution in [0.25, 0.3) is 0 Å². The van der Waals surface area contributed by atoms with Gasteiger partial charge in [-0.2, -0.15) is 4.99 Å². The highest BCUT2D eigenvalue weighted by Gasteiger charge is 2.69. The number of halogens is 4. The molecule has 2 saturated carbocycles. The number of nitrogens with zero attached hydrogens (tertiary/aromatic N) is 2. The SMILES string of the molecule is C=C(OC(=O)NCC(F)(F)C1CC1)[C@@H]1CO[C@H](CCC2C(NC(=O)C(C=NC(=O)OC)[C@@]3(c4ccc(Cl)cc4)C4CC5=C(C=C[C@@H]43)OCO5)=CN=CC2F)CN1. The van der Waals surface area contributed by atoms with Crippen molar-refractivity contribution in [2.75, 3.05) is 33.6 Å². The van der Waals surface area contributed by atoms with Gasteiger partial charge in [0.2, 0.25) is 12.7 Å². The van der Waals surface area contributed by atoms with E-state index >= 15 is 4.39 Å². The van der Waals surface area contributed by atoms with Crippen LogP contribution in [0.5, 0.6) is 0 Å². The molecule has 3 amide bonds. The fourth-order valence-corrected chi connectivity index (χ4v) is 8.28. The third kappa shape index (κ3) is 8.37. The van der Waals surface area contributed by atoms with Crippen LogP contribution >= 0.6 is 11.6 Å². The van der Waals surface area contributed by atoms with Crippen LogP contribution in [0.3, 0.4) is 0 Å². The molecule has 56 heavy (non-hydrogen) atoms. The van der Waals surface area contributed by atoms with Crippen LogP contribution in [0.15, 0.2) is 82.2 Å². The molecule has 1 aromatic carbocycles. The molecule has 3 fully saturated rings. The Morgan fingerprint density at radius 1 is 1.21 bits per heavy atom. The lowest BCUT2D eigenvalue weighted by Crippen LogP contribution is -2.48. The molecule has 17 heteroatoms. The first-order valence-corrected chi connectivity index (χ1v) is 18.9. The number of hydrogen-bond donors (Lipinski definition) is 3. The number of fused-ring (bicyclic) bond motifs is 1. The summed E-state index contributed by atoms with van der Waals surface area (Å²) < 4.78 is 70.7. The Hall–Kier alpha value is -4.67. The number of morpholine rings is 1. The van der Waals surface area contributed by atoms with Crippen LogP contribution in [0.2, 0.25) is 5.02 Å². The molecule has 7 rings (SSSR count). The lowest BCUT2D eigenvalue weighted by molar-refractivity contribution is -0.123. The van der Waals surface area contributed by atoms with E-state index < -0.39 is 65.9 Å². The standard InChI is InChI=1S/C39H43ClF3N5O8/c1-21(56-37(51)47-19-38(42,43)22-3-4-22)32-18-53-25(14-45-32)9-10-26-30(41)16-44-17-31(26)48-35(49)29(15-46-36(50)52-2)39(23-5-7-24(40)8-6-23)27-11-12-33-34(13-28(27)39)55-20-54-33/h5-8,11-12,15-17,22,25-30,32,45H,1,3-4,9-10,13-14,18-20H2,2H3,(H,47,51)(H,48,49)/t25-,26?,27+,28?,29?,30?,32+,39-/m1/s1. The highest BCUT2D eigenvalue weighted by Crippen LogP contribution is 2.68. The van der Waals surface area contributed by atoms with Crippen molar-refractivity contribution in [2.45, 2.75) is 61.8 Å². The average Bonchev–Trinajstić information content (AvgIpc) is 4.10. The fraction of sp³-hybridized carbons (Fsp3) is 0.513. The summed E-state index contributed by atoms with van der Waals surface area (Å²) >= 11 is 6.27. The maximum absolute atomic E-state index is 15.6. The maximum atomic E-state index is 15.6. The van der Waals surface area contributed by atoms with Gasteiger partial charge in [-0.1, -0.05) is 36.4 Å². The molecule has 300 valence electrons. The summed E-state index contributed by atoms with van der Waals surface area (Å²) in [6.07, 6.45) is 5.84. The number of carbonyl (C=O) groups excluding carboxylic acids is 3. The molecule has 0 aromatic heterocycles. The van der Waals surface area contributed by atoms with Gasteiger partial charge in [-0.05, 0) is 61.3 Å². The van der Waals surface area contributed by atoms with Crippen molar-refractivity contribution < 1.29 is 51.2 Å². The summed E-state index contributed by atoms with van der Waals surface area (Å²) in [6, 6.07) is 6.58. The van der Waals surface area contributed by atoms with E-state index in [1.54, 1.807) is 12.1 Å². The molecule has 4 unspecified atom stereocenters. The van der Waals surface area contributed by atoms with E-state index in [-0.39, 0.29) is 49.2 Å². The van der Waals surface area contributed by atoms with Crippen molar-refractivity contribution in [2.24, 2.45) is 39.6 Å². The average molecular weight is 802 g/mol. The number of hydrogen-bond acceptors (Lipinski definition) is 10. The van der Waals surface area contributed by atoms with Gasteiger partial charge < -0.3 is 39.6 Å². The molecule has 3 N–H and O–H groups in total. The number of alkyl carbamates (subject to hydrolysis) is 1. The summed E-state index contributed by atoms with van der Waals surface area (Å²) in [4.78, 5) is 47.0. The number of ether oxygens (including phenoxy) is 5. The smallest absolute Gasteiger partial charge is 0.432 e. The predicted octanol–water partition coefficient (Wildman–Crippen LogP) is 5.87. The topological polar surface area (TPSA) is 158 Å². The molecular weight excluding hydrogens is 759 g/mol. The quantitative estimate of drug-likeness (QED) is 0.164. The van der Waals surface area contributed by atoms with Crippen molar-refractivity contribution in [3.63, 3.8) is 0 Å². The van der Waals surface area contributed by atoms with E-state index in [0.29, 0.717) is 48.8 Å². The monoisotopic (exact) mass is 801 g/mol. The van der Waals surface area contributed by atoms with Crippen molar-refractivity contribution in [3.8, 4) is 0 Å². The minimum atomic E-state index is -2.99. The first-order chi connectivity index (χ1) is 26.9. The van der Waals surface area contributed by atoms with E-state index in [1.165, 1.54) is 25.7 Å². The van der Waals surface area contributed by atoms with Gasteiger partial charge in [-0.15, -0.1) is 0 Å². The van der Waals surface area contributed by atoms with Crippen molar-refractivity contribution in [1.29, 1.82) is 0 Å². The Balaban J connectivity index is 1.01. The van der Waals surface area contributed by atoms with Gasteiger partial charge in [0.15, 0.2) is 5.76 Å². The van der Waals surface area contributed by atoms with Gasteiger partial charge in [0.05, 0.1) is 38.3 Å². The Morgan fingerprint density at radius 3 is 2.71 bits per heavy atom. The molecular formula is C39H43ClF3N5O8. The molecule has 3 aliphatic carbocycles. The van der Waals surface area contributed by atoms with E-state index in [9.17, 15) is 23.2 Å². The minimum Gasteiger partial charge on any atom is -0.458 e. The number of benzene rings is 1. The second-order valence-electron chi connectivity index (χ2n) is 14.7. The molecule has 8 atom stereocenters. The zero-order valence-corrected chi connectivity index (χ0v) is 31.3. The number of carbonyl (C=O) groups is 3. The highest BCUT2D eigenvalue weighted by atomic mass is 35.5. The Bertz CT molecular complexity index is 1860. The molecule has 0 radical (unpaired) electrons. The summed E-state index contributed by atoms with van der Waals surface area (Å²) in [5.74, 6) is -5.10. The first kappa shape index (κ1) is 39.6. The maximum Gasteiger partial charge on any atom is 0.432 e. The lowest BCUT2D eigenvalue weighted by atomic mass is 9.78. The highest BCUT2D eigenvalue weighted by molar-refractivity contribution is 6.30. The third-order valence-corrected chi connectivity index (χ3v) is 11.6. The summed E-state index contributed by atoms with van der Waals surface area (Å²) in [7, 11) is 1.19. The van der Waals surface area contributed by atoms with Crippen molar-refractivity contribution in [3.05, 3.63) is 82.8 Å². The van der Waals surface area contributed by atoms with Gasteiger partial charge in [0.1, 0.15) is 17.7 Å². The number of alkyl halides is 3. The zero-order chi connectivity index (χ0) is 39.6. The summed E-state index contributed by atoms with van der Waals surface area (Å²) in [5, 5.41) is 8.72. The number of nitrogens with one attached hydrogen (secondary N) is 3. The van der Waals surface area contributed by atoms with Gasteiger partial charge in [0, 0.05) is 59.6 Å². The number of aliphatic imine (C=N–C) groups is 2. The lowest BCUT2D eigenvalue weighted by Gasteiger charge is -2.33. The van der Waals surface area contributed by atoms with Gasteiger partial charge >= 0.3 is 12.2 Å². The minimum absolute atomic E-state index is 0.0143. The Labute approximate surface area is 326 Å². The largest absolute Gasteiger partial charge is 0.458 e. The number of amides is 3. The first-order valence-electron chi connectivity index (χ1n) is 18.5. The van der Waals surface area contributed by atoms with Crippen LogP contribution < -0.4 is 16.0 Å². The predicted molar refractivity (Wildman–Crippen MR) is 197 cm³/mol. The summed E-state index contributed by atoms with van der Waals surface area (Å²) in [6.45, 7) is 3.39. The van der Waals surface area contributed by atoms with Crippen LogP contribution in [-0.4, -0.2) is 88.4 Å². The Morgan fingerprint density at radius 2 is 2.00 bits per heavy atom. The van der Waals surface area contributed by atoms with Gasteiger partial charge in [-0.25, -0.2) is 22.8 Å². The number of methoxy groups -OCH3 is 1. The van der Waals surface area contributed by atoms with E-state index in [0.717, 1.165) is 5.56 Å². The second-order valence-corrected chi connectivity index (χ2v) is 15.2. The Kier molecular flexibility index (Phi) is 11.6. The molecule has 1 aromatic rings. The number of allylic oxidation sites excluding steroid dienone is 4. The number of rotatable bonds is 13. The molecule has 0 bridgehead atoms. The van der Waals surface area contributed by atoms with Crippen molar-refractivity contribution >= 4 is 42.1 Å². The van der Waals surface area contributed by atoms with E-state index in [1.807, 2.05) is 24.3 Å². The molecule has 1 saturated heterocycles. The summed E-state index contributed by atoms with van der Waals surface area (Å²) in [5.41, 5.74) is 0.147. The van der Waals surface area contributed by atoms with Crippen molar-refractivity contribution in [1.82, 2.24) is 16.0 Å². The third-order valence-electron chi connectivity index (χ3n) is 11.4. The molecule has 6 aliphatic rings. The van der Waals surface area contributed by atoms with E-state index in [4.69, 9.17) is 35.3 Å². The molecule has 13 nitrogen and oxygen atoms in total. The fourth-order valence-electron chi connectivity index (χ4n) is 8.15. The van der Waals surface area contributed by atoms with Gasteiger partial charge in [0.25, 0.3) is 5.92 Å².